The van der Waals surface area contributed by atoms with Gasteiger partial charge in [0.2, 0.25) is 17.1 Å². The summed E-state index contributed by atoms with van der Waals surface area (Å²) in [7, 11) is 1.52. The monoisotopic (exact) mass is 454 g/mol. The Balaban J connectivity index is 1.67. The molecule has 0 radical (unpaired) electrons. The zero-order valence-corrected chi connectivity index (χ0v) is 18.9. The number of ether oxygens (including phenoxy) is 1. The molecule has 168 valence electrons. The van der Waals surface area contributed by atoms with Crippen LogP contribution < -0.4 is 14.4 Å². The van der Waals surface area contributed by atoms with Crippen LogP contribution in [-0.2, 0) is 17.8 Å². The van der Waals surface area contributed by atoms with Crippen molar-refractivity contribution in [1.29, 1.82) is 0 Å². The molecule has 3 heterocycles. The first kappa shape index (κ1) is 22.1. The standard InChI is InChI=1S/C22H26N6O3S/c1-3-6-27-7-9-28(10-8-27)21-19-12-16(4-5-20(19)24-15-25-21)17-11-18(14-26-32(29)30)22(31-2)23-13-17/h3-6,11-13,15,26H,7-10,14H2,1-2H3,(H,29,30). The van der Waals surface area contributed by atoms with E-state index in [1.54, 1.807) is 12.5 Å². The van der Waals surface area contributed by atoms with Crippen molar-refractivity contribution in [3.05, 3.63) is 54.6 Å². The average Bonchev–Trinajstić information content (AvgIpc) is 2.82. The smallest absolute Gasteiger partial charge is 0.232 e. The molecule has 2 aromatic heterocycles. The van der Waals surface area contributed by atoms with E-state index in [9.17, 15) is 4.21 Å². The summed E-state index contributed by atoms with van der Waals surface area (Å²) in [4.78, 5) is 18.0. The molecule has 0 saturated carbocycles. The summed E-state index contributed by atoms with van der Waals surface area (Å²) in [5, 5.41) is 0.983. The Labute approximate surface area is 189 Å². The zero-order chi connectivity index (χ0) is 22.5. The van der Waals surface area contributed by atoms with Crippen molar-refractivity contribution in [2.24, 2.45) is 0 Å². The molecule has 1 fully saturated rings. The highest BCUT2D eigenvalue weighted by Gasteiger charge is 2.19. The summed E-state index contributed by atoms with van der Waals surface area (Å²) in [5.41, 5.74) is 3.41. The van der Waals surface area contributed by atoms with Gasteiger partial charge >= 0.3 is 0 Å². The van der Waals surface area contributed by atoms with Gasteiger partial charge in [-0.15, -0.1) is 0 Å². The molecule has 1 saturated heterocycles. The van der Waals surface area contributed by atoms with E-state index in [0.717, 1.165) is 54.0 Å². The molecule has 0 amide bonds. The van der Waals surface area contributed by atoms with Gasteiger partial charge in [-0.1, -0.05) is 12.1 Å². The third-order valence-corrected chi connectivity index (χ3v) is 5.82. The molecule has 4 rings (SSSR count). The number of methoxy groups -OCH3 is 1. The van der Waals surface area contributed by atoms with Crippen molar-refractivity contribution in [1.82, 2.24) is 24.6 Å². The minimum atomic E-state index is -2.12. The number of rotatable bonds is 7. The first-order valence-corrected chi connectivity index (χ1v) is 11.4. The van der Waals surface area contributed by atoms with Crippen LogP contribution in [0.2, 0.25) is 0 Å². The number of hydrogen-bond donors (Lipinski definition) is 2. The average molecular weight is 455 g/mol. The number of nitrogens with one attached hydrogen (secondary N) is 1. The Hall–Kier alpha value is -3.08. The van der Waals surface area contributed by atoms with Crippen LogP contribution >= 0.6 is 0 Å². The van der Waals surface area contributed by atoms with Crippen molar-refractivity contribution >= 4 is 28.0 Å². The maximum atomic E-state index is 11.0. The maximum Gasteiger partial charge on any atom is 0.232 e. The Bertz CT molecular complexity index is 1150. The van der Waals surface area contributed by atoms with E-state index in [1.165, 1.54) is 7.11 Å². The molecular weight excluding hydrogens is 428 g/mol. The number of nitrogens with zero attached hydrogens (tertiary/aromatic N) is 5. The number of pyridine rings is 1. The molecule has 2 N–H and O–H groups in total. The van der Waals surface area contributed by atoms with E-state index in [2.05, 4.69) is 47.8 Å². The van der Waals surface area contributed by atoms with Crippen LogP contribution in [0.5, 0.6) is 5.88 Å². The lowest BCUT2D eigenvalue weighted by Gasteiger charge is -2.35. The maximum absolute atomic E-state index is 11.0. The third kappa shape index (κ3) is 4.87. The Morgan fingerprint density at radius 2 is 1.97 bits per heavy atom. The van der Waals surface area contributed by atoms with Gasteiger partial charge in [0.05, 0.1) is 12.6 Å². The van der Waals surface area contributed by atoms with Crippen LogP contribution in [0.4, 0.5) is 5.82 Å². The Morgan fingerprint density at radius 1 is 1.16 bits per heavy atom. The Kier molecular flexibility index (Phi) is 6.93. The summed E-state index contributed by atoms with van der Waals surface area (Å²) in [6.07, 6.45) is 7.54. The first-order chi connectivity index (χ1) is 15.6. The van der Waals surface area contributed by atoms with Gasteiger partial charge in [0, 0.05) is 55.4 Å². The van der Waals surface area contributed by atoms with Crippen molar-refractivity contribution in [2.45, 2.75) is 13.5 Å². The van der Waals surface area contributed by atoms with Crippen molar-refractivity contribution in [2.75, 3.05) is 38.2 Å². The van der Waals surface area contributed by atoms with E-state index >= 15 is 0 Å². The highest BCUT2D eigenvalue weighted by molar-refractivity contribution is 7.77. The molecule has 0 aliphatic carbocycles. The quantitative estimate of drug-likeness (QED) is 0.525. The molecule has 1 aliphatic heterocycles. The first-order valence-electron chi connectivity index (χ1n) is 10.3. The van der Waals surface area contributed by atoms with Crippen LogP contribution in [0.3, 0.4) is 0 Å². The molecule has 0 bridgehead atoms. The van der Waals surface area contributed by atoms with Gasteiger partial charge in [0.15, 0.2) is 0 Å². The highest BCUT2D eigenvalue weighted by Crippen LogP contribution is 2.30. The highest BCUT2D eigenvalue weighted by atomic mass is 32.2. The normalized spacial score (nSPS) is 15.5. The molecule has 1 aliphatic rings. The van der Waals surface area contributed by atoms with E-state index in [0.29, 0.717) is 11.4 Å². The molecule has 1 aromatic carbocycles. The summed E-state index contributed by atoms with van der Waals surface area (Å²) in [5.74, 6) is 1.34. The van der Waals surface area contributed by atoms with Gasteiger partial charge in [-0.2, -0.15) is 0 Å². The lowest BCUT2D eigenvalue weighted by molar-refractivity contribution is 0.348. The fraction of sp³-hybridized carbons (Fsp3) is 0.318. The third-order valence-electron chi connectivity index (χ3n) is 5.43. The minimum absolute atomic E-state index is 0.158. The lowest BCUT2D eigenvalue weighted by Crippen LogP contribution is -2.44. The fourth-order valence-corrected chi connectivity index (χ4v) is 4.15. The van der Waals surface area contributed by atoms with Gasteiger partial charge in [0.1, 0.15) is 12.1 Å². The topological polar surface area (TPSA) is 104 Å². The van der Waals surface area contributed by atoms with Gasteiger partial charge in [-0.3, -0.25) is 4.55 Å². The number of benzene rings is 1. The molecule has 1 unspecified atom stereocenters. The number of aromatic nitrogens is 3. The second-order valence-electron chi connectivity index (χ2n) is 7.40. The SMILES string of the molecule is CC=CN1CCN(c2ncnc3ccc(-c4cnc(OC)c(CNS(=O)O)c4)cc23)CC1. The predicted molar refractivity (Wildman–Crippen MR) is 126 cm³/mol. The van der Waals surface area contributed by atoms with Crippen LogP contribution in [0, 0.1) is 0 Å². The van der Waals surface area contributed by atoms with Crippen LogP contribution in [0.25, 0.3) is 22.0 Å². The lowest BCUT2D eigenvalue weighted by atomic mass is 10.0. The summed E-state index contributed by atoms with van der Waals surface area (Å²) < 4.78 is 27.9. The van der Waals surface area contributed by atoms with Gasteiger partial charge in [0.25, 0.3) is 0 Å². The molecule has 10 heteroatoms. The van der Waals surface area contributed by atoms with E-state index in [4.69, 9.17) is 9.29 Å². The number of anilines is 1. The molecule has 32 heavy (non-hydrogen) atoms. The fourth-order valence-electron chi connectivity index (χ4n) is 3.87. The minimum Gasteiger partial charge on any atom is -0.481 e. The second kappa shape index (κ2) is 10.0. The molecule has 1 atom stereocenters. The number of piperazine rings is 1. The zero-order valence-electron chi connectivity index (χ0n) is 18.1. The van der Waals surface area contributed by atoms with Crippen LogP contribution in [-0.4, -0.2) is 61.9 Å². The Morgan fingerprint density at radius 3 is 2.69 bits per heavy atom. The number of fused-ring (bicyclic) bond motifs is 1. The van der Waals surface area contributed by atoms with Gasteiger partial charge in [-0.05, 0) is 36.9 Å². The molecule has 0 spiro atoms. The van der Waals surface area contributed by atoms with E-state index in [-0.39, 0.29) is 6.54 Å². The van der Waals surface area contributed by atoms with Gasteiger partial charge in [-0.25, -0.2) is 23.9 Å². The summed E-state index contributed by atoms with van der Waals surface area (Å²) in [6.45, 7) is 5.86. The van der Waals surface area contributed by atoms with E-state index < -0.39 is 11.3 Å². The van der Waals surface area contributed by atoms with E-state index in [1.807, 2.05) is 25.1 Å². The molecule has 9 nitrogen and oxygen atoms in total. The van der Waals surface area contributed by atoms with Crippen molar-refractivity contribution in [3.63, 3.8) is 0 Å². The van der Waals surface area contributed by atoms with Crippen LogP contribution in [0.15, 0.2) is 49.1 Å². The van der Waals surface area contributed by atoms with Crippen molar-refractivity contribution in [3.8, 4) is 17.0 Å². The van der Waals surface area contributed by atoms with Gasteiger partial charge < -0.3 is 14.5 Å². The van der Waals surface area contributed by atoms with Crippen LogP contribution in [0.1, 0.15) is 12.5 Å². The number of allylic oxidation sites excluding steroid dienone is 1. The summed E-state index contributed by atoms with van der Waals surface area (Å²) >= 11 is -2.12. The molecular formula is C22H26N6O3S. The second-order valence-corrected chi connectivity index (χ2v) is 8.18. The summed E-state index contributed by atoms with van der Waals surface area (Å²) in [6, 6.07) is 7.96. The predicted octanol–water partition coefficient (Wildman–Crippen LogP) is 2.58. The van der Waals surface area contributed by atoms with Crippen molar-refractivity contribution < 1.29 is 13.5 Å². The molecule has 3 aromatic rings. The largest absolute Gasteiger partial charge is 0.481 e. The number of hydrogen-bond acceptors (Lipinski definition) is 7.